The van der Waals surface area contributed by atoms with E-state index in [-0.39, 0.29) is 5.91 Å². The molecule has 0 unspecified atom stereocenters. The van der Waals surface area contributed by atoms with Crippen molar-refractivity contribution in [3.63, 3.8) is 0 Å². The number of carbonyl (C=O) groups is 2. The maximum atomic E-state index is 11.9. The number of aryl methyl sites for hydroxylation is 2. The fraction of sp³-hybridized carbons (Fsp3) is 0.250. The summed E-state index contributed by atoms with van der Waals surface area (Å²) < 4.78 is 9.84. The van der Waals surface area contributed by atoms with Crippen molar-refractivity contribution in [3.05, 3.63) is 53.5 Å². The van der Waals surface area contributed by atoms with Crippen LogP contribution in [0.5, 0.6) is 0 Å². The van der Waals surface area contributed by atoms with Crippen molar-refractivity contribution >= 4 is 17.6 Å². The summed E-state index contributed by atoms with van der Waals surface area (Å²) in [5.74, 6) is 0.289. The molecule has 1 heterocycles. The van der Waals surface area contributed by atoms with Crippen LogP contribution in [0.4, 0.5) is 5.69 Å². The van der Waals surface area contributed by atoms with Gasteiger partial charge in [-0.1, -0.05) is 0 Å². The maximum absolute atomic E-state index is 11.9. The summed E-state index contributed by atoms with van der Waals surface area (Å²) in [6.45, 7) is 1.83. The van der Waals surface area contributed by atoms with Crippen molar-refractivity contribution < 1.29 is 18.7 Å². The third-order valence-electron chi connectivity index (χ3n) is 3.10. The molecule has 110 valence electrons. The van der Waals surface area contributed by atoms with Gasteiger partial charge in [-0.15, -0.1) is 0 Å². The number of methoxy groups -OCH3 is 1. The van der Waals surface area contributed by atoms with Crippen LogP contribution < -0.4 is 5.32 Å². The van der Waals surface area contributed by atoms with Crippen LogP contribution >= 0.6 is 0 Å². The van der Waals surface area contributed by atoms with Gasteiger partial charge in [-0.3, -0.25) is 4.79 Å². The first-order valence-corrected chi connectivity index (χ1v) is 6.61. The van der Waals surface area contributed by atoms with Crippen molar-refractivity contribution in [3.8, 4) is 0 Å². The molecular weight excluding hydrogens is 270 g/mol. The average Bonchev–Trinajstić information content (AvgIpc) is 2.99. The summed E-state index contributed by atoms with van der Waals surface area (Å²) in [5.41, 5.74) is 1.96. The van der Waals surface area contributed by atoms with Crippen LogP contribution in [0, 0.1) is 6.92 Å². The minimum Gasteiger partial charge on any atom is -0.469 e. The molecule has 1 aromatic heterocycles. The molecule has 0 bridgehead atoms. The molecule has 0 saturated heterocycles. The largest absolute Gasteiger partial charge is 0.469 e. The van der Waals surface area contributed by atoms with E-state index in [0.717, 1.165) is 11.3 Å². The standard InChI is InChI=1S/C16H17NO4/c1-11-10-12(16(19)20-2)5-7-14(11)17-15(18)8-6-13-4-3-9-21-13/h3-5,7,9-10H,6,8H2,1-2H3,(H,17,18). The molecule has 1 amide bonds. The Morgan fingerprint density at radius 1 is 1.29 bits per heavy atom. The first kappa shape index (κ1) is 14.8. The predicted octanol–water partition coefficient (Wildman–Crippen LogP) is 2.95. The number of anilines is 1. The number of amides is 1. The molecule has 2 rings (SSSR count). The Balaban J connectivity index is 1.96. The summed E-state index contributed by atoms with van der Waals surface area (Å²) in [7, 11) is 1.34. The number of rotatable bonds is 5. The third-order valence-corrected chi connectivity index (χ3v) is 3.10. The molecule has 0 atom stereocenters. The molecule has 2 aromatic rings. The Hall–Kier alpha value is -2.56. The monoisotopic (exact) mass is 287 g/mol. The summed E-state index contributed by atoms with van der Waals surface area (Å²) in [6.07, 6.45) is 2.48. The van der Waals surface area contributed by atoms with Crippen LogP contribution in [-0.2, 0) is 16.0 Å². The minimum absolute atomic E-state index is 0.0969. The summed E-state index contributed by atoms with van der Waals surface area (Å²) in [6, 6.07) is 8.65. The number of nitrogens with one attached hydrogen (secondary N) is 1. The highest BCUT2D eigenvalue weighted by Crippen LogP contribution is 2.17. The smallest absolute Gasteiger partial charge is 0.337 e. The van der Waals surface area contributed by atoms with Crippen LogP contribution in [0.3, 0.4) is 0 Å². The van der Waals surface area contributed by atoms with E-state index in [1.807, 2.05) is 13.0 Å². The van der Waals surface area contributed by atoms with Gasteiger partial charge in [0.2, 0.25) is 5.91 Å². The Morgan fingerprint density at radius 3 is 2.71 bits per heavy atom. The Bertz CT molecular complexity index is 632. The number of furan rings is 1. The first-order chi connectivity index (χ1) is 10.1. The highest BCUT2D eigenvalue weighted by molar-refractivity contribution is 5.94. The number of ether oxygens (including phenoxy) is 1. The van der Waals surface area contributed by atoms with E-state index in [0.29, 0.717) is 24.1 Å². The lowest BCUT2D eigenvalue weighted by atomic mass is 10.1. The summed E-state index contributed by atoms with van der Waals surface area (Å²) in [5, 5.41) is 2.82. The van der Waals surface area contributed by atoms with E-state index in [9.17, 15) is 9.59 Å². The van der Waals surface area contributed by atoms with Crippen LogP contribution in [0.2, 0.25) is 0 Å². The van der Waals surface area contributed by atoms with Gasteiger partial charge in [0.25, 0.3) is 0 Å². The van der Waals surface area contributed by atoms with E-state index in [2.05, 4.69) is 10.1 Å². The molecule has 0 fully saturated rings. The van der Waals surface area contributed by atoms with E-state index >= 15 is 0 Å². The average molecular weight is 287 g/mol. The maximum Gasteiger partial charge on any atom is 0.337 e. The number of esters is 1. The van der Waals surface area contributed by atoms with Crippen molar-refractivity contribution in [2.24, 2.45) is 0 Å². The van der Waals surface area contributed by atoms with Crippen LogP contribution in [0.25, 0.3) is 0 Å². The number of carbonyl (C=O) groups excluding carboxylic acids is 2. The van der Waals surface area contributed by atoms with E-state index in [4.69, 9.17) is 4.42 Å². The van der Waals surface area contributed by atoms with E-state index in [1.165, 1.54) is 7.11 Å². The lowest BCUT2D eigenvalue weighted by Gasteiger charge is -2.09. The Labute approximate surface area is 122 Å². The van der Waals surface area contributed by atoms with Gasteiger partial charge < -0.3 is 14.5 Å². The van der Waals surface area contributed by atoms with Gasteiger partial charge in [-0.05, 0) is 42.8 Å². The Kier molecular flexibility index (Phi) is 4.77. The normalized spacial score (nSPS) is 10.2. The van der Waals surface area contributed by atoms with Crippen molar-refractivity contribution in [2.45, 2.75) is 19.8 Å². The molecule has 0 spiro atoms. The molecule has 21 heavy (non-hydrogen) atoms. The first-order valence-electron chi connectivity index (χ1n) is 6.61. The van der Waals surface area contributed by atoms with Gasteiger partial charge in [0, 0.05) is 18.5 Å². The molecule has 5 heteroatoms. The summed E-state index contributed by atoms with van der Waals surface area (Å²) in [4.78, 5) is 23.3. The molecule has 0 aliphatic rings. The SMILES string of the molecule is COC(=O)c1ccc(NC(=O)CCc2ccco2)c(C)c1. The minimum atomic E-state index is -0.395. The zero-order valence-corrected chi connectivity index (χ0v) is 12.0. The second-order valence-electron chi connectivity index (χ2n) is 4.65. The second kappa shape index (κ2) is 6.74. The van der Waals surface area contributed by atoms with Gasteiger partial charge in [0.1, 0.15) is 5.76 Å². The lowest BCUT2D eigenvalue weighted by molar-refractivity contribution is -0.116. The quantitative estimate of drug-likeness (QED) is 0.858. The van der Waals surface area contributed by atoms with Gasteiger partial charge in [-0.25, -0.2) is 4.79 Å². The third kappa shape index (κ3) is 3.95. The van der Waals surface area contributed by atoms with Gasteiger partial charge in [0.05, 0.1) is 18.9 Å². The molecule has 5 nitrogen and oxygen atoms in total. The number of hydrogen-bond donors (Lipinski definition) is 1. The fourth-order valence-electron chi connectivity index (χ4n) is 1.95. The van der Waals surface area contributed by atoms with E-state index in [1.54, 1.807) is 30.5 Å². The Morgan fingerprint density at radius 2 is 2.10 bits per heavy atom. The van der Waals surface area contributed by atoms with Crippen LogP contribution in [0.1, 0.15) is 28.1 Å². The number of hydrogen-bond acceptors (Lipinski definition) is 4. The molecular formula is C16H17NO4. The topological polar surface area (TPSA) is 68.5 Å². The van der Waals surface area contributed by atoms with Crippen molar-refractivity contribution in [1.82, 2.24) is 0 Å². The van der Waals surface area contributed by atoms with Crippen molar-refractivity contribution in [2.75, 3.05) is 12.4 Å². The van der Waals surface area contributed by atoms with Crippen LogP contribution in [-0.4, -0.2) is 19.0 Å². The highest BCUT2D eigenvalue weighted by Gasteiger charge is 2.10. The van der Waals surface area contributed by atoms with E-state index < -0.39 is 5.97 Å². The van der Waals surface area contributed by atoms with Gasteiger partial charge in [0.15, 0.2) is 0 Å². The van der Waals surface area contributed by atoms with Crippen LogP contribution in [0.15, 0.2) is 41.0 Å². The molecule has 0 radical (unpaired) electrons. The lowest BCUT2D eigenvalue weighted by Crippen LogP contribution is -2.13. The zero-order chi connectivity index (χ0) is 15.2. The summed E-state index contributed by atoms with van der Waals surface area (Å²) >= 11 is 0. The molecule has 0 aliphatic carbocycles. The predicted molar refractivity (Wildman–Crippen MR) is 78.2 cm³/mol. The fourth-order valence-corrected chi connectivity index (χ4v) is 1.95. The van der Waals surface area contributed by atoms with Gasteiger partial charge >= 0.3 is 5.97 Å². The molecule has 0 aliphatic heterocycles. The molecule has 1 N–H and O–H groups in total. The second-order valence-corrected chi connectivity index (χ2v) is 4.65. The van der Waals surface area contributed by atoms with Crippen molar-refractivity contribution in [1.29, 1.82) is 0 Å². The number of benzene rings is 1. The molecule has 0 saturated carbocycles. The zero-order valence-electron chi connectivity index (χ0n) is 12.0. The van der Waals surface area contributed by atoms with Gasteiger partial charge in [-0.2, -0.15) is 0 Å². The highest BCUT2D eigenvalue weighted by atomic mass is 16.5. The molecule has 1 aromatic carbocycles.